The summed E-state index contributed by atoms with van der Waals surface area (Å²) >= 11 is 3.26. The van der Waals surface area contributed by atoms with E-state index >= 15 is 0 Å². The monoisotopic (exact) mass is 297 g/mol. The number of alkyl halides is 1. The van der Waals surface area contributed by atoms with Crippen LogP contribution in [-0.4, -0.2) is 48.1 Å². The van der Waals surface area contributed by atoms with Gasteiger partial charge in [-0.1, -0.05) is 15.9 Å². The molecule has 0 radical (unpaired) electrons. The van der Waals surface area contributed by atoms with Gasteiger partial charge in [0.15, 0.2) is 9.84 Å². The van der Waals surface area contributed by atoms with Crippen molar-refractivity contribution in [3.63, 3.8) is 0 Å². The number of hydrogen-bond acceptors (Lipinski definition) is 3. The van der Waals surface area contributed by atoms with E-state index in [2.05, 4.69) is 15.9 Å². The van der Waals surface area contributed by atoms with Crippen LogP contribution in [0.2, 0.25) is 0 Å². The van der Waals surface area contributed by atoms with Gasteiger partial charge in [-0.25, -0.2) is 8.42 Å². The van der Waals surface area contributed by atoms with Crippen molar-refractivity contribution < 1.29 is 13.2 Å². The molecule has 1 aliphatic heterocycles. The molecule has 6 heteroatoms. The van der Waals surface area contributed by atoms with Gasteiger partial charge in [0, 0.05) is 19.3 Å². The maximum Gasteiger partial charge on any atom is 0.236 e. The van der Waals surface area contributed by atoms with Crippen LogP contribution in [0.1, 0.15) is 20.3 Å². The maximum absolute atomic E-state index is 11.6. The molecule has 1 heterocycles. The molecule has 0 aromatic rings. The second-order valence-corrected chi connectivity index (χ2v) is 8.30. The Morgan fingerprint density at radius 2 is 2.07 bits per heavy atom. The van der Waals surface area contributed by atoms with Crippen LogP contribution in [0.3, 0.4) is 0 Å². The number of sulfone groups is 1. The molecule has 0 spiro atoms. The van der Waals surface area contributed by atoms with E-state index in [0.717, 1.165) is 6.42 Å². The summed E-state index contributed by atoms with van der Waals surface area (Å²) in [4.78, 5) is 13.1. The van der Waals surface area contributed by atoms with Gasteiger partial charge in [-0.15, -0.1) is 0 Å². The van der Waals surface area contributed by atoms with Crippen LogP contribution in [0.5, 0.6) is 0 Å². The third kappa shape index (κ3) is 2.72. The minimum Gasteiger partial charge on any atom is -0.340 e. The van der Waals surface area contributed by atoms with Crippen LogP contribution in [-0.2, 0) is 14.6 Å². The number of rotatable bonds is 3. The van der Waals surface area contributed by atoms with E-state index in [0.29, 0.717) is 6.54 Å². The molecular formula is C9H16BrNO3S. The van der Waals surface area contributed by atoms with E-state index in [-0.39, 0.29) is 17.3 Å². The lowest BCUT2D eigenvalue weighted by molar-refractivity contribution is -0.127. The average Bonchev–Trinajstić information content (AvgIpc) is 2.33. The highest BCUT2D eigenvalue weighted by molar-refractivity contribution is 9.10. The van der Waals surface area contributed by atoms with Crippen LogP contribution in [0.15, 0.2) is 0 Å². The van der Waals surface area contributed by atoms with Crippen molar-refractivity contribution >= 4 is 31.7 Å². The lowest BCUT2D eigenvalue weighted by Gasteiger charge is -2.28. The predicted molar refractivity (Wildman–Crippen MR) is 62.8 cm³/mol. The quantitative estimate of drug-likeness (QED) is 0.724. The smallest absolute Gasteiger partial charge is 0.236 e. The first kappa shape index (κ1) is 13.0. The van der Waals surface area contributed by atoms with Crippen LogP contribution < -0.4 is 0 Å². The molecule has 88 valence electrons. The largest absolute Gasteiger partial charge is 0.340 e. The van der Waals surface area contributed by atoms with E-state index in [1.165, 1.54) is 6.26 Å². The van der Waals surface area contributed by atoms with E-state index < -0.39 is 14.6 Å². The van der Waals surface area contributed by atoms with Crippen LogP contribution in [0.4, 0.5) is 0 Å². The number of hydrogen-bond donors (Lipinski definition) is 0. The molecule has 1 atom stereocenters. The van der Waals surface area contributed by atoms with Gasteiger partial charge in [-0.2, -0.15) is 0 Å². The number of likely N-dealkylation sites (tertiary alicyclic amines) is 1. The second-order valence-electron chi connectivity index (χ2n) is 4.55. The van der Waals surface area contributed by atoms with E-state index in [1.807, 2.05) is 0 Å². The molecule has 0 aromatic carbocycles. The van der Waals surface area contributed by atoms with Gasteiger partial charge in [0.2, 0.25) is 5.91 Å². The summed E-state index contributed by atoms with van der Waals surface area (Å²) in [6, 6.07) is 0. The van der Waals surface area contributed by atoms with E-state index in [9.17, 15) is 13.2 Å². The first-order valence-corrected chi connectivity index (χ1v) is 7.58. The molecule has 0 aliphatic carbocycles. The Hall–Kier alpha value is -0.100. The van der Waals surface area contributed by atoms with Crippen molar-refractivity contribution in [3.05, 3.63) is 0 Å². The fourth-order valence-corrected chi connectivity index (χ4v) is 2.32. The first-order valence-electron chi connectivity index (χ1n) is 4.77. The normalized spacial score (nSPS) is 23.6. The van der Waals surface area contributed by atoms with Crippen LogP contribution in [0.25, 0.3) is 0 Å². The molecule has 0 aromatic heterocycles. The van der Waals surface area contributed by atoms with Gasteiger partial charge in [0.05, 0.1) is 9.57 Å². The summed E-state index contributed by atoms with van der Waals surface area (Å²) in [6.07, 6.45) is 1.96. The van der Waals surface area contributed by atoms with Crippen molar-refractivity contribution in [2.24, 2.45) is 0 Å². The lowest BCUT2D eigenvalue weighted by Crippen LogP contribution is -2.45. The fourth-order valence-electron chi connectivity index (χ4n) is 1.43. The Morgan fingerprint density at radius 3 is 2.40 bits per heavy atom. The molecule has 0 bridgehead atoms. The molecule has 1 aliphatic rings. The summed E-state index contributed by atoms with van der Waals surface area (Å²) < 4.78 is 22.1. The van der Waals surface area contributed by atoms with E-state index in [1.54, 1.807) is 18.7 Å². The molecule has 15 heavy (non-hydrogen) atoms. The minimum absolute atomic E-state index is 0.00766. The Kier molecular flexibility index (Phi) is 3.50. The third-order valence-corrected chi connectivity index (χ3v) is 5.79. The second kappa shape index (κ2) is 4.05. The molecule has 0 saturated carbocycles. The van der Waals surface area contributed by atoms with Gasteiger partial charge in [-0.05, 0) is 20.3 Å². The summed E-state index contributed by atoms with van der Waals surface area (Å²) in [5.41, 5.74) is 0. The summed E-state index contributed by atoms with van der Waals surface area (Å²) in [6.45, 7) is 4.20. The third-order valence-electron chi connectivity index (χ3n) is 2.81. The molecule has 1 fully saturated rings. The van der Waals surface area contributed by atoms with Crippen molar-refractivity contribution in [1.82, 2.24) is 4.90 Å². The average molecular weight is 298 g/mol. The van der Waals surface area contributed by atoms with Crippen molar-refractivity contribution in [2.45, 2.75) is 29.8 Å². The molecule has 1 unspecified atom stereocenters. The van der Waals surface area contributed by atoms with Crippen molar-refractivity contribution in [1.29, 1.82) is 0 Å². The van der Waals surface area contributed by atoms with E-state index in [4.69, 9.17) is 0 Å². The zero-order valence-corrected chi connectivity index (χ0v) is 11.6. The molecule has 1 rings (SSSR count). The van der Waals surface area contributed by atoms with Gasteiger partial charge in [-0.3, -0.25) is 4.79 Å². The lowest BCUT2D eigenvalue weighted by atomic mass is 10.2. The standard InChI is InChI=1S/C9H16BrNO3S/c1-9(2,15(3,13)14)6-11-5-4-7(10)8(11)12/h7H,4-6H2,1-3H3. The van der Waals surface area contributed by atoms with Crippen molar-refractivity contribution in [2.75, 3.05) is 19.3 Å². The number of nitrogens with zero attached hydrogens (tertiary/aromatic N) is 1. The van der Waals surface area contributed by atoms with Crippen LogP contribution in [0, 0.1) is 0 Å². The zero-order chi connectivity index (χ0) is 11.9. The summed E-state index contributed by atoms with van der Waals surface area (Å²) in [7, 11) is -3.14. The Labute approximate surface area is 99.1 Å². The fraction of sp³-hybridized carbons (Fsp3) is 0.889. The molecule has 1 saturated heterocycles. The molecular weight excluding hydrogens is 282 g/mol. The summed E-state index contributed by atoms with van der Waals surface area (Å²) in [5.74, 6) is -0.00766. The maximum atomic E-state index is 11.6. The molecule has 0 N–H and O–H groups in total. The number of amides is 1. The van der Waals surface area contributed by atoms with Crippen LogP contribution >= 0.6 is 15.9 Å². The zero-order valence-electron chi connectivity index (χ0n) is 9.16. The summed E-state index contributed by atoms with van der Waals surface area (Å²) in [5, 5.41) is 0. The predicted octanol–water partition coefficient (Wildman–Crippen LogP) is 0.805. The first-order chi connectivity index (χ1) is 6.65. The van der Waals surface area contributed by atoms with Gasteiger partial charge < -0.3 is 4.90 Å². The van der Waals surface area contributed by atoms with Gasteiger partial charge >= 0.3 is 0 Å². The molecule has 1 amide bonds. The Morgan fingerprint density at radius 1 is 1.53 bits per heavy atom. The number of halogens is 1. The highest BCUT2D eigenvalue weighted by Crippen LogP contribution is 2.23. The number of carbonyl (C=O) groups is 1. The minimum atomic E-state index is -3.14. The SMILES string of the molecule is CC(C)(CN1CCC(Br)C1=O)S(C)(=O)=O. The highest BCUT2D eigenvalue weighted by atomic mass is 79.9. The van der Waals surface area contributed by atoms with Crippen molar-refractivity contribution in [3.8, 4) is 0 Å². The van der Waals surface area contributed by atoms with Gasteiger partial charge in [0.1, 0.15) is 0 Å². The Bertz CT molecular complexity index is 364. The Balaban J connectivity index is 2.76. The van der Waals surface area contributed by atoms with Gasteiger partial charge in [0.25, 0.3) is 0 Å². The topological polar surface area (TPSA) is 54.5 Å². The molecule has 4 nitrogen and oxygen atoms in total. The number of carbonyl (C=O) groups excluding carboxylic acids is 1. The highest BCUT2D eigenvalue weighted by Gasteiger charge is 2.38.